The molecule has 4 fully saturated rings. The molecule has 2 saturated carbocycles. The summed E-state index contributed by atoms with van der Waals surface area (Å²) >= 11 is 0. The molecule has 2 saturated heterocycles. The topological polar surface area (TPSA) is 58.4 Å². The van der Waals surface area contributed by atoms with E-state index in [0.29, 0.717) is 23.8 Å². The maximum atomic E-state index is 11.4. The van der Waals surface area contributed by atoms with E-state index < -0.39 is 0 Å². The van der Waals surface area contributed by atoms with Crippen LogP contribution in [0.4, 0.5) is 11.4 Å². The van der Waals surface area contributed by atoms with Crippen molar-refractivity contribution in [1.29, 1.82) is 0 Å². The van der Waals surface area contributed by atoms with Gasteiger partial charge in [-0.25, -0.2) is 0 Å². The Bertz CT molecular complexity index is 698. The number of nitro benzene ring substituents is 1. The fourth-order valence-electron chi connectivity index (χ4n) is 7.05. The number of para-hydroxylation sites is 2. The first kappa shape index (κ1) is 18.4. The van der Waals surface area contributed by atoms with E-state index in [1.165, 1.54) is 57.8 Å². The predicted octanol–water partition coefficient (Wildman–Crippen LogP) is 5.36. The lowest BCUT2D eigenvalue weighted by Gasteiger charge is -2.55. The number of nitrogens with zero attached hydrogens (tertiary/aromatic N) is 2. The first-order valence-corrected chi connectivity index (χ1v) is 11.4. The van der Waals surface area contributed by atoms with E-state index in [0.717, 1.165) is 30.7 Å². The smallest absolute Gasteiger partial charge is 0.292 e. The van der Waals surface area contributed by atoms with Gasteiger partial charge in [-0.05, 0) is 62.8 Å². The zero-order chi connectivity index (χ0) is 19.1. The van der Waals surface area contributed by atoms with Gasteiger partial charge in [-0.15, -0.1) is 0 Å². The predicted molar refractivity (Wildman–Crippen MR) is 111 cm³/mol. The van der Waals surface area contributed by atoms with Crippen molar-refractivity contribution in [3.8, 4) is 0 Å². The van der Waals surface area contributed by atoms with Crippen LogP contribution in [0.5, 0.6) is 0 Å². The summed E-state index contributed by atoms with van der Waals surface area (Å²) in [4.78, 5) is 14.0. The Labute approximate surface area is 168 Å². The molecule has 0 aromatic heterocycles. The van der Waals surface area contributed by atoms with E-state index >= 15 is 0 Å². The van der Waals surface area contributed by atoms with Gasteiger partial charge in [0, 0.05) is 30.2 Å². The maximum Gasteiger partial charge on any atom is 0.292 e. The van der Waals surface area contributed by atoms with Crippen LogP contribution in [-0.2, 0) is 0 Å². The van der Waals surface area contributed by atoms with Gasteiger partial charge in [-0.2, -0.15) is 0 Å². The molecule has 5 heteroatoms. The third kappa shape index (κ3) is 3.54. The molecule has 1 aromatic rings. The van der Waals surface area contributed by atoms with E-state index in [1.54, 1.807) is 12.1 Å². The first-order chi connectivity index (χ1) is 13.7. The highest BCUT2D eigenvalue weighted by atomic mass is 16.6. The highest BCUT2D eigenvalue weighted by Crippen LogP contribution is 2.46. The lowest BCUT2D eigenvalue weighted by atomic mass is 9.68. The number of fused-ring (bicyclic) bond motifs is 4. The van der Waals surface area contributed by atoms with E-state index in [9.17, 15) is 10.1 Å². The molecule has 4 bridgehead atoms. The molecule has 6 atom stereocenters. The zero-order valence-electron chi connectivity index (χ0n) is 16.8. The van der Waals surface area contributed by atoms with Gasteiger partial charge in [0.15, 0.2) is 0 Å². The summed E-state index contributed by atoms with van der Waals surface area (Å²) in [5, 5.41) is 14.9. The molecule has 28 heavy (non-hydrogen) atoms. The molecule has 5 rings (SSSR count). The Kier molecular flexibility index (Phi) is 5.04. The largest absolute Gasteiger partial charge is 0.377 e. The van der Waals surface area contributed by atoms with Crippen LogP contribution in [0.3, 0.4) is 0 Å². The van der Waals surface area contributed by atoms with Crippen LogP contribution >= 0.6 is 0 Å². The van der Waals surface area contributed by atoms with Gasteiger partial charge >= 0.3 is 0 Å². The van der Waals surface area contributed by atoms with Gasteiger partial charge in [0.05, 0.1) is 4.92 Å². The molecule has 4 aliphatic rings. The molecule has 2 aliphatic carbocycles. The minimum atomic E-state index is -0.265. The Morgan fingerprint density at radius 1 is 0.857 bits per heavy atom. The molecule has 0 radical (unpaired) electrons. The molecule has 2 unspecified atom stereocenters. The van der Waals surface area contributed by atoms with E-state index in [4.69, 9.17) is 0 Å². The summed E-state index contributed by atoms with van der Waals surface area (Å²) in [6.45, 7) is 0. The summed E-state index contributed by atoms with van der Waals surface area (Å²) in [7, 11) is 0. The van der Waals surface area contributed by atoms with Crippen molar-refractivity contribution in [1.82, 2.24) is 4.90 Å². The van der Waals surface area contributed by atoms with Crippen LogP contribution in [0, 0.1) is 22.0 Å². The number of piperidine rings is 2. The first-order valence-electron chi connectivity index (χ1n) is 11.4. The third-order valence-electron chi connectivity index (χ3n) is 8.02. The summed E-state index contributed by atoms with van der Waals surface area (Å²) in [6, 6.07) is 9.60. The monoisotopic (exact) mass is 383 g/mol. The second-order valence-electron chi connectivity index (χ2n) is 9.80. The van der Waals surface area contributed by atoms with Gasteiger partial charge < -0.3 is 5.32 Å². The van der Waals surface area contributed by atoms with Crippen molar-refractivity contribution >= 4 is 11.4 Å². The fraction of sp³-hybridized carbons (Fsp3) is 0.739. The number of rotatable bonds is 4. The van der Waals surface area contributed by atoms with Crippen molar-refractivity contribution in [2.45, 2.75) is 94.8 Å². The fourth-order valence-corrected chi connectivity index (χ4v) is 7.05. The Morgan fingerprint density at radius 2 is 1.50 bits per heavy atom. The number of nitrogens with one attached hydrogen (secondary N) is 1. The molecule has 2 heterocycles. The molecule has 2 aliphatic heterocycles. The molecular formula is C23H33N3O2. The second kappa shape index (κ2) is 7.66. The van der Waals surface area contributed by atoms with Gasteiger partial charge in [0.2, 0.25) is 0 Å². The molecule has 0 spiro atoms. The Balaban J connectivity index is 1.30. The average Bonchev–Trinajstić information content (AvgIpc) is 2.67. The van der Waals surface area contributed by atoms with Crippen molar-refractivity contribution in [3.05, 3.63) is 34.4 Å². The van der Waals surface area contributed by atoms with Crippen LogP contribution in [0.2, 0.25) is 0 Å². The lowest BCUT2D eigenvalue weighted by molar-refractivity contribution is -0.384. The van der Waals surface area contributed by atoms with Crippen LogP contribution in [0.15, 0.2) is 24.3 Å². The zero-order valence-corrected chi connectivity index (χ0v) is 16.8. The summed E-state index contributed by atoms with van der Waals surface area (Å²) in [6.07, 6.45) is 14.9. The molecule has 0 amide bonds. The lowest BCUT2D eigenvalue weighted by Crippen LogP contribution is -2.60. The van der Waals surface area contributed by atoms with Crippen molar-refractivity contribution < 1.29 is 4.92 Å². The number of hydrogen-bond acceptors (Lipinski definition) is 4. The number of nitro groups is 1. The van der Waals surface area contributed by atoms with Crippen LogP contribution in [-0.4, -0.2) is 34.0 Å². The highest BCUT2D eigenvalue weighted by Gasteiger charge is 2.44. The Hall–Kier alpha value is -1.62. The minimum Gasteiger partial charge on any atom is -0.377 e. The standard InChI is InChI=1S/C23H33N3O2/c27-26(28)23-10-2-1-9-22(23)24-18-14-19-7-4-8-20(15-18)25(19)21-12-16-5-3-6-17(11-16)13-21/h1-2,9-10,16-21,24H,3-8,11-15H2/t16-,17+,18?,19-,20+,21?. The SMILES string of the molecule is O=[N+]([O-])c1ccccc1NC1C[C@H]2CCC[C@@H](C1)N2C1C[C@H]2CCC[C@@H](C1)C2. The van der Waals surface area contributed by atoms with Gasteiger partial charge in [-0.1, -0.05) is 37.8 Å². The van der Waals surface area contributed by atoms with E-state index in [2.05, 4.69) is 10.2 Å². The summed E-state index contributed by atoms with van der Waals surface area (Å²) in [5.74, 6) is 1.95. The summed E-state index contributed by atoms with van der Waals surface area (Å²) < 4.78 is 0. The second-order valence-corrected chi connectivity index (χ2v) is 9.80. The third-order valence-corrected chi connectivity index (χ3v) is 8.02. The van der Waals surface area contributed by atoms with Crippen molar-refractivity contribution in [2.24, 2.45) is 11.8 Å². The van der Waals surface area contributed by atoms with E-state index in [-0.39, 0.29) is 10.6 Å². The molecule has 152 valence electrons. The van der Waals surface area contributed by atoms with Crippen LogP contribution in [0.1, 0.15) is 70.6 Å². The minimum absolute atomic E-state index is 0.204. The molecule has 5 nitrogen and oxygen atoms in total. The molecular weight excluding hydrogens is 350 g/mol. The van der Waals surface area contributed by atoms with Crippen LogP contribution < -0.4 is 5.32 Å². The van der Waals surface area contributed by atoms with E-state index in [1.807, 2.05) is 12.1 Å². The number of anilines is 1. The van der Waals surface area contributed by atoms with Crippen molar-refractivity contribution in [2.75, 3.05) is 5.32 Å². The maximum absolute atomic E-state index is 11.4. The average molecular weight is 384 g/mol. The normalized spacial score (nSPS) is 38.0. The van der Waals surface area contributed by atoms with Gasteiger partial charge in [-0.3, -0.25) is 15.0 Å². The molecule has 1 aromatic carbocycles. The van der Waals surface area contributed by atoms with Crippen molar-refractivity contribution in [3.63, 3.8) is 0 Å². The Morgan fingerprint density at radius 3 is 2.18 bits per heavy atom. The highest BCUT2D eigenvalue weighted by molar-refractivity contribution is 5.61. The van der Waals surface area contributed by atoms with Crippen LogP contribution in [0.25, 0.3) is 0 Å². The quantitative estimate of drug-likeness (QED) is 0.561. The van der Waals surface area contributed by atoms with Gasteiger partial charge in [0.25, 0.3) is 5.69 Å². The number of hydrogen-bond donors (Lipinski definition) is 1. The molecule has 1 N–H and O–H groups in total. The number of benzene rings is 1. The summed E-state index contributed by atoms with van der Waals surface area (Å²) in [5.41, 5.74) is 0.895. The van der Waals surface area contributed by atoms with Gasteiger partial charge in [0.1, 0.15) is 5.69 Å².